The maximum absolute atomic E-state index is 12.5. The van der Waals surface area contributed by atoms with Crippen molar-refractivity contribution < 1.29 is 17.9 Å². The lowest BCUT2D eigenvalue weighted by molar-refractivity contribution is 0.414. The van der Waals surface area contributed by atoms with Crippen LogP contribution in [0.3, 0.4) is 0 Å². The van der Waals surface area contributed by atoms with Crippen molar-refractivity contribution >= 4 is 27.9 Å². The molecule has 2 aromatic carbocycles. The van der Waals surface area contributed by atoms with E-state index in [1.807, 2.05) is 24.3 Å². The van der Waals surface area contributed by atoms with E-state index in [1.165, 1.54) is 31.6 Å². The van der Waals surface area contributed by atoms with Gasteiger partial charge in [0.1, 0.15) is 23.6 Å². The Balaban J connectivity index is 1.75. The van der Waals surface area contributed by atoms with Crippen LogP contribution in [0, 0.1) is 0 Å². The van der Waals surface area contributed by atoms with Crippen LogP contribution < -0.4 is 14.2 Å². The molecule has 1 N–H and O–H groups in total. The molecule has 9 heteroatoms. The molecule has 0 saturated carbocycles. The molecule has 0 aliphatic rings. The molecule has 1 heterocycles. The smallest absolute Gasteiger partial charge is 0.263 e. The molecule has 8 nitrogen and oxygen atoms in total. The van der Waals surface area contributed by atoms with E-state index >= 15 is 0 Å². The zero-order valence-corrected chi connectivity index (χ0v) is 16.1. The first-order valence-corrected chi connectivity index (χ1v) is 9.65. The van der Waals surface area contributed by atoms with E-state index in [-0.39, 0.29) is 10.7 Å². The highest BCUT2D eigenvalue weighted by atomic mass is 32.2. The maximum atomic E-state index is 12.5. The summed E-state index contributed by atoms with van der Waals surface area (Å²) < 4.78 is 37.5. The molecule has 0 radical (unpaired) electrons. The number of benzene rings is 2. The monoisotopic (exact) mass is 398 g/mol. The summed E-state index contributed by atoms with van der Waals surface area (Å²) in [6.07, 6.45) is 2.86. The second-order valence-corrected chi connectivity index (χ2v) is 7.26. The van der Waals surface area contributed by atoms with Crippen LogP contribution in [0.1, 0.15) is 5.56 Å². The van der Waals surface area contributed by atoms with Gasteiger partial charge in [0.2, 0.25) is 0 Å². The predicted molar refractivity (Wildman–Crippen MR) is 106 cm³/mol. The molecule has 0 bridgehead atoms. The molecule has 0 amide bonds. The number of sulfonamides is 1. The van der Waals surface area contributed by atoms with Crippen molar-refractivity contribution in [2.75, 3.05) is 18.9 Å². The summed E-state index contributed by atoms with van der Waals surface area (Å²) in [5.41, 5.74) is 0.847. The Labute approximate surface area is 163 Å². The second-order valence-electron chi connectivity index (χ2n) is 5.57. The fraction of sp³-hybridized carbons (Fsp3) is 0.105. The lowest BCUT2D eigenvalue weighted by Crippen LogP contribution is -2.13. The number of methoxy groups -OCH3 is 2. The van der Waals surface area contributed by atoms with Crippen LogP contribution in [0.5, 0.6) is 11.5 Å². The third kappa shape index (κ3) is 4.83. The summed E-state index contributed by atoms with van der Waals surface area (Å²) in [7, 11) is -0.685. The Morgan fingerprint density at radius 2 is 1.54 bits per heavy atom. The van der Waals surface area contributed by atoms with E-state index in [0.29, 0.717) is 11.6 Å². The molecule has 0 saturated heterocycles. The molecule has 1 aromatic heterocycles. The second kappa shape index (κ2) is 8.49. The number of aromatic nitrogens is 2. The summed E-state index contributed by atoms with van der Waals surface area (Å²) in [5.74, 6) is 1.75. The lowest BCUT2D eigenvalue weighted by atomic mass is 10.2. The van der Waals surface area contributed by atoms with Crippen LogP contribution in [0.2, 0.25) is 0 Å². The Hall–Kier alpha value is -3.46. The number of nitrogens with one attached hydrogen (secondary N) is 1. The van der Waals surface area contributed by atoms with Crippen LogP contribution in [-0.2, 0) is 10.0 Å². The normalized spacial score (nSPS) is 11.4. The molecule has 0 unspecified atom stereocenters. The van der Waals surface area contributed by atoms with Gasteiger partial charge in [-0.25, -0.2) is 23.4 Å². The summed E-state index contributed by atoms with van der Waals surface area (Å²) in [5, 5.41) is 0. The molecule has 3 aromatic rings. The Bertz CT molecular complexity index is 1070. The van der Waals surface area contributed by atoms with Gasteiger partial charge in [0.15, 0.2) is 5.82 Å². The van der Waals surface area contributed by atoms with E-state index in [9.17, 15) is 8.42 Å². The van der Waals surface area contributed by atoms with Gasteiger partial charge in [-0.3, -0.25) is 4.72 Å². The predicted octanol–water partition coefficient (Wildman–Crippen LogP) is 3.05. The fourth-order valence-electron chi connectivity index (χ4n) is 2.26. The van der Waals surface area contributed by atoms with Crippen LogP contribution in [-0.4, -0.2) is 38.8 Å². The molecule has 0 fully saturated rings. The first-order chi connectivity index (χ1) is 13.5. The standard InChI is InChI=1S/C19H18N4O4S/c1-26-15-5-3-14(4-6-15)12-20-18-11-19(22-13-21-18)23-28(24,25)17-9-7-16(27-2)8-10-17/h3-13H,1-2H3,(H,21,22,23). The van der Waals surface area contributed by atoms with E-state index in [0.717, 1.165) is 11.3 Å². The Morgan fingerprint density at radius 3 is 2.14 bits per heavy atom. The Kier molecular flexibility index (Phi) is 5.85. The van der Waals surface area contributed by atoms with Crippen molar-refractivity contribution in [3.8, 4) is 11.5 Å². The molecular formula is C19H18N4O4S. The number of ether oxygens (including phenoxy) is 2. The minimum Gasteiger partial charge on any atom is -0.497 e. The third-order valence-electron chi connectivity index (χ3n) is 3.72. The minimum absolute atomic E-state index is 0.0928. The molecule has 0 aliphatic carbocycles. The fourth-order valence-corrected chi connectivity index (χ4v) is 3.25. The zero-order chi connectivity index (χ0) is 20.0. The van der Waals surface area contributed by atoms with Crippen LogP contribution in [0.15, 0.2) is 70.8 Å². The highest BCUT2D eigenvalue weighted by molar-refractivity contribution is 7.92. The van der Waals surface area contributed by atoms with E-state index in [1.54, 1.807) is 25.5 Å². The van der Waals surface area contributed by atoms with Crippen molar-refractivity contribution in [3.63, 3.8) is 0 Å². The van der Waals surface area contributed by atoms with Gasteiger partial charge >= 0.3 is 0 Å². The van der Waals surface area contributed by atoms with Crippen LogP contribution >= 0.6 is 0 Å². The average Bonchev–Trinajstić information content (AvgIpc) is 2.72. The van der Waals surface area contributed by atoms with Crippen molar-refractivity contribution in [2.24, 2.45) is 4.99 Å². The first kappa shape index (κ1) is 19.3. The van der Waals surface area contributed by atoms with Gasteiger partial charge in [-0.05, 0) is 54.1 Å². The van der Waals surface area contributed by atoms with E-state index < -0.39 is 10.0 Å². The van der Waals surface area contributed by atoms with Crippen molar-refractivity contribution in [2.45, 2.75) is 4.90 Å². The van der Waals surface area contributed by atoms with Crippen molar-refractivity contribution in [1.82, 2.24) is 9.97 Å². The zero-order valence-electron chi connectivity index (χ0n) is 15.2. The lowest BCUT2D eigenvalue weighted by Gasteiger charge is -2.08. The minimum atomic E-state index is -3.79. The highest BCUT2D eigenvalue weighted by Gasteiger charge is 2.15. The quantitative estimate of drug-likeness (QED) is 0.614. The van der Waals surface area contributed by atoms with E-state index in [4.69, 9.17) is 9.47 Å². The molecular weight excluding hydrogens is 380 g/mol. The number of aliphatic imine (C=N–C) groups is 1. The molecule has 144 valence electrons. The van der Waals surface area contributed by atoms with E-state index in [2.05, 4.69) is 19.7 Å². The average molecular weight is 398 g/mol. The largest absolute Gasteiger partial charge is 0.497 e. The molecule has 0 aliphatic heterocycles. The van der Waals surface area contributed by atoms with Crippen molar-refractivity contribution in [1.29, 1.82) is 0 Å². The SMILES string of the molecule is COc1ccc(C=Nc2cc(NS(=O)(=O)c3ccc(OC)cc3)ncn2)cc1. The topological polar surface area (TPSA) is 103 Å². The maximum Gasteiger partial charge on any atom is 0.263 e. The van der Waals surface area contributed by atoms with Gasteiger partial charge in [0.05, 0.1) is 19.1 Å². The molecule has 28 heavy (non-hydrogen) atoms. The van der Waals surface area contributed by atoms with Crippen LogP contribution in [0.25, 0.3) is 0 Å². The van der Waals surface area contributed by atoms with Gasteiger partial charge in [0.25, 0.3) is 10.0 Å². The summed E-state index contributed by atoms with van der Waals surface area (Å²) in [4.78, 5) is 12.3. The summed E-state index contributed by atoms with van der Waals surface area (Å²) in [6.45, 7) is 0. The summed E-state index contributed by atoms with van der Waals surface area (Å²) >= 11 is 0. The molecule has 0 spiro atoms. The number of hydrogen-bond donors (Lipinski definition) is 1. The Morgan fingerprint density at radius 1 is 0.929 bits per heavy atom. The van der Waals surface area contributed by atoms with Gasteiger partial charge < -0.3 is 9.47 Å². The van der Waals surface area contributed by atoms with Crippen molar-refractivity contribution in [3.05, 3.63) is 66.5 Å². The van der Waals surface area contributed by atoms with Crippen LogP contribution in [0.4, 0.5) is 11.6 Å². The highest BCUT2D eigenvalue weighted by Crippen LogP contribution is 2.20. The number of rotatable bonds is 7. The summed E-state index contributed by atoms with van der Waals surface area (Å²) in [6, 6.07) is 14.8. The van der Waals surface area contributed by atoms with Gasteiger partial charge in [-0.1, -0.05) is 0 Å². The molecule has 0 atom stereocenters. The van der Waals surface area contributed by atoms with Gasteiger partial charge in [0, 0.05) is 12.3 Å². The third-order valence-corrected chi connectivity index (χ3v) is 5.09. The number of nitrogens with zero attached hydrogens (tertiary/aromatic N) is 3. The number of anilines is 1. The van der Waals surface area contributed by atoms with Gasteiger partial charge in [-0.15, -0.1) is 0 Å². The first-order valence-electron chi connectivity index (χ1n) is 8.17. The number of hydrogen-bond acceptors (Lipinski definition) is 7. The molecule has 3 rings (SSSR count). The van der Waals surface area contributed by atoms with Gasteiger partial charge in [-0.2, -0.15) is 0 Å².